The van der Waals surface area contributed by atoms with Crippen LogP contribution in [0.1, 0.15) is 32.1 Å². The minimum atomic E-state index is -0.240. The van der Waals surface area contributed by atoms with E-state index in [4.69, 9.17) is 17.3 Å². The first-order valence-corrected chi connectivity index (χ1v) is 8.72. The van der Waals surface area contributed by atoms with Gasteiger partial charge in [0.1, 0.15) is 9.71 Å². The number of carbonyl (C=O) groups excluding carboxylic acids is 1. The predicted octanol–water partition coefficient (Wildman–Crippen LogP) is 5.02. The summed E-state index contributed by atoms with van der Waals surface area (Å²) in [6, 6.07) is 5.39. The van der Waals surface area contributed by atoms with Gasteiger partial charge in [0.05, 0.1) is 5.69 Å². The first-order valence-electron chi connectivity index (χ1n) is 7.53. The van der Waals surface area contributed by atoms with Crippen LogP contribution in [0.15, 0.2) is 18.2 Å². The van der Waals surface area contributed by atoms with Gasteiger partial charge < -0.3 is 11.1 Å². The lowest BCUT2D eigenvalue weighted by Gasteiger charge is -2.08. The van der Waals surface area contributed by atoms with E-state index in [0.717, 1.165) is 32.6 Å². The minimum Gasteiger partial charge on any atom is -0.397 e. The molecule has 1 amide bonds. The van der Waals surface area contributed by atoms with Crippen molar-refractivity contribution in [2.45, 2.75) is 27.7 Å². The molecule has 0 radical (unpaired) electrons. The maximum Gasteiger partial charge on any atom is 0.267 e. The van der Waals surface area contributed by atoms with Crippen molar-refractivity contribution in [3.63, 3.8) is 0 Å². The van der Waals surface area contributed by atoms with Crippen molar-refractivity contribution in [3.8, 4) is 0 Å². The van der Waals surface area contributed by atoms with Crippen LogP contribution in [0.5, 0.6) is 0 Å². The predicted molar refractivity (Wildman–Crippen MR) is 102 cm³/mol. The largest absolute Gasteiger partial charge is 0.397 e. The average Bonchev–Trinajstić information content (AvgIpc) is 2.85. The molecule has 0 aliphatic carbocycles. The molecule has 3 aromatic rings. The Balaban J connectivity index is 2.06. The highest BCUT2D eigenvalue weighted by atomic mass is 35.5. The van der Waals surface area contributed by atoms with Crippen molar-refractivity contribution in [1.29, 1.82) is 0 Å². The molecule has 0 fully saturated rings. The van der Waals surface area contributed by atoms with Crippen LogP contribution in [0.4, 0.5) is 11.4 Å². The molecule has 3 N–H and O–H groups in total. The molecule has 3 rings (SSSR count). The third-order valence-corrected chi connectivity index (χ3v) is 5.66. The zero-order valence-corrected chi connectivity index (χ0v) is 15.5. The Morgan fingerprint density at radius 3 is 2.62 bits per heavy atom. The molecule has 0 spiro atoms. The first-order chi connectivity index (χ1) is 11.3. The molecule has 4 nitrogen and oxygen atoms in total. The van der Waals surface area contributed by atoms with Crippen molar-refractivity contribution in [2.75, 3.05) is 11.1 Å². The lowest BCUT2D eigenvalue weighted by atomic mass is 10.1. The normalized spacial score (nSPS) is 11.0. The number of carbonyl (C=O) groups is 1. The van der Waals surface area contributed by atoms with E-state index in [-0.39, 0.29) is 5.91 Å². The van der Waals surface area contributed by atoms with Gasteiger partial charge >= 0.3 is 0 Å². The fourth-order valence-electron chi connectivity index (χ4n) is 2.64. The molecule has 6 heteroatoms. The number of thiophene rings is 1. The van der Waals surface area contributed by atoms with Gasteiger partial charge in [-0.2, -0.15) is 0 Å². The zero-order chi connectivity index (χ0) is 17.6. The molecule has 1 aromatic carbocycles. The number of pyridine rings is 1. The highest BCUT2D eigenvalue weighted by molar-refractivity contribution is 7.21. The quantitative estimate of drug-likeness (QED) is 0.675. The number of nitrogens with one attached hydrogen (secondary N) is 1. The molecule has 0 saturated heterocycles. The van der Waals surface area contributed by atoms with Gasteiger partial charge in [0, 0.05) is 21.8 Å². The first kappa shape index (κ1) is 16.7. The van der Waals surface area contributed by atoms with Crippen molar-refractivity contribution < 1.29 is 4.79 Å². The number of amides is 1. The van der Waals surface area contributed by atoms with Gasteiger partial charge in [-0.25, -0.2) is 4.98 Å². The number of anilines is 2. The summed E-state index contributed by atoms with van der Waals surface area (Å²) < 4.78 is 0. The highest BCUT2D eigenvalue weighted by Gasteiger charge is 2.20. The van der Waals surface area contributed by atoms with E-state index in [1.807, 2.05) is 33.8 Å². The van der Waals surface area contributed by atoms with Crippen molar-refractivity contribution in [1.82, 2.24) is 4.98 Å². The second-order valence-electron chi connectivity index (χ2n) is 5.89. The third kappa shape index (κ3) is 2.74. The maximum atomic E-state index is 12.7. The molecule has 2 heterocycles. The summed E-state index contributed by atoms with van der Waals surface area (Å²) >= 11 is 7.33. The van der Waals surface area contributed by atoms with Gasteiger partial charge in [-0.3, -0.25) is 4.79 Å². The fraction of sp³-hybridized carbons (Fsp3) is 0.222. The van der Waals surface area contributed by atoms with E-state index in [0.29, 0.717) is 21.3 Å². The number of nitrogen functional groups attached to an aromatic ring is 1. The van der Waals surface area contributed by atoms with Crippen LogP contribution in [0.2, 0.25) is 5.02 Å². The minimum absolute atomic E-state index is 0.240. The van der Waals surface area contributed by atoms with Crippen LogP contribution in [0.25, 0.3) is 10.2 Å². The number of aryl methyl sites for hydroxylation is 3. The molecular weight excluding hydrogens is 342 g/mol. The maximum absolute atomic E-state index is 12.7. The molecule has 0 aliphatic rings. The number of hydrogen-bond acceptors (Lipinski definition) is 4. The second kappa shape index (κ2) is 6.07. The summed E-state index contributed by atoms with van der Waals surface area (Å²) in [6.07, 6.45) is 0. The molecule has 0 bridgehead atoms. The highest BCUT2D eigenvalue weighted by Crippen LogP contribution is 2.37. The lowest BCUT2D eigenvalue weighted by molar-refractivity contribution is 0.103. The van der Waals surface area contributed by atoms with Gasteiger partial charge in [0.15, 0.2) is 0 Å². The van der Waals surface area contributed by atoms with Gasteiger partial charge in [-0.05, 0) is 56.5 Å². The third-order valence-electron chi connectivity index (χ3n) is 4.33. The summed E-state index contributed by atoms with van der Waals surface area (Å²) in [4.78, 5) is 18.5. The molecule has 124 valence electrons. The summed E-state index contributed by atoms with van der Waals surface area (Å²) in [5, 5.41) is 4.34. The van der Waals surface area contributed by atoms with Gasteiger partial charge in [0.2, 0.25) is 0 Å². The van der Waals surface area contributed by atoms with Crippen molar-refractivity contribution in [2.24, 2.45) is 0 Å². The summed E-state index contributed by atoms with van der Waals surface area (Å²) in [5.41, 5.74) is 11.5. The van der Waals surface area contributed by atoms with Crippen molar-refractivity contribution in [3.05, 3.63) is 50.5 Å². The van der Waals surface area contributed by atoms with E-state index in [9.17, 15) is 4.79 Å². The number of benzene rings is 1. The van der Waals surface area contributed by atoms with E-state index in [1.54, 1.807) is 12.1 Å². The molecular formula is C18H18ClN3OS. The molecule has 2 aromatic heterocycles. The van der Waals surface area contributed by atoms with Crippen LogP contribution in [0, 0.1) is 27.7 Å². The number of rotatable bonds is 2. The van der Waals surface area contributed by atoms with E-state index in [2.05, 4.69) is 10.3 Å². The Bertz CT molecular complexity index is 978. The van der Waals surface area contributed by atoms with Crippen molar-refractivity contribution >= 4 is 50.4 Å². The van der Waals surface area contributed by atoms with Crippen LogP contribution in [0.3, 0.4) is 0 Å². The molecule has 0 atom stereocenters. The van der Waals surface area contributed by atoms with Crippen LogP contribution in [-0.4, -0.2) is 10.9 Å². The Kier molecular flexibility index (Phi) is 4.24. The SMILES string of the molecule is Cc1ccc(Cl)cc1NC(=O)c1sc2nc(C)c(C)c(C)c2c1N. The number of hydrogen-bond donors (Lipinski definition) is 2. The van der Waals surface area contributed by atoms with Crippen LogP contribution < -0.4 is 11.1 Å². The number of fused-ring (bicyclic) bond motifs is 1. The standard InChI is InChI=1S/C18H18ClN3OS/c1-8-5-6-12(19)7-13(8)22-17(23)16-15(20)14-10(3)9(2)11(4)21-18(14)24-16/h5-7H,20H2,1-4H3,(H,22,23). The van der Waals surface area contributed by atoms with E-state index < -0.39 is 0 Å². The number of halogens is 1. The monoisotopic (exact) mass is 359 g/mol. The van der Waals surface area contributed by atoms with Gasteiger partial charge in [-0.1, -0.05) is 17.7 Å². The van der Waals surface area contributed by atoms with Gasteiger partial charge in [0.25, 0.3) is 5.91 Å². The zero-order valence-electron chi connectivity index (χ0n) is 14.0. The fourth-order valence-corrected chi connectivity index (χ4v) is 3.91. The Morgan fingerprint density at radius 2 is 1.92 bits per heavy atom. The average molecular weight is 360 g/mol. The topological polar surface area (TPSA) is 68.0 Å². The van der Waals surface area contributed by atoms with E-state index >= 15 is 0 Å². The molecule has 24 heavy (non-hydrogen) atoms. The molecule has 0 aliphatic heterocycles. The smallest absolute Gasteiger partial charge is 0.267 e. The lowest BCUT2D eigenvalue weighted by Crippen LogP contribution is -2.12. The summed E-state index contributed by atoms with van der Waals surface area (Å²) in [6.45, 7) is 7.91. The van der Waals surface area contributed by atoms with Gasteiger partial charge in [-0.15, -0.1) is 11.3 Å². The van der Waals surface area contributed by atoms with Crippen LogP contribution in [-0.2, 0) is 0 Å². The number of nitrogens with zero attached hydrogens (tertiary/aromatic N) is 1. The summed E-state index contributed by atoms with van der Waals surface area (Å²) in [5.74, 6) is -0.240. The number of aromatic nitrogens is 1. The molecule has 0 unspecified atom stereocenters. The Hall–Kier alpha value is -2.11. The summed E-state index contributed by atoms with van der Waals surface area (Å²) in [7, 11) is 0. The number of nitrogens with two attached hydrogens (primary N) is 1. The Morgan fingerprint density at radius 1 is 1.21 bits per heavy atom. The second-order valence-corrected chi connectivity index (χ2v) is 7.32. The Labute approximate surface area is 149 Å². The van der Waals surface area contributed by atoms with Crippen LogP contribution >= 0.6 is 22.9 Å². The van der Waals surface area contributed by atoms with E-state index in [1.165, 1.54) is 11.3 Å². The molecule has 0 saturated carbocycles.